The number of thiazole rings is 1. The first-order chi connectivity index (χ1) is 18.5. The second-order valence-electron chi connectivity index (χ2n) is 8.69. The third-order valence-electron chi connectivity index (χ3n) is 5.96. The van der Waals surface area contributed by atoms with Gasteiger partial charge in [0, 0.05) is 66.9 Å². The molecule has 9 nitrogen and oxygen atoms in total. The largest absolute Gasteiger partial charge is 0.467 e. The molecule has 0 radical (unpaired) electrons. The van der Waals surface area contributed by atoms with Gasteiger partial charge in [0.15, 0.2) is 0 Å². The van der Waals surface area contributed by atoms with Crippen LogP contribution in [-0.4, -0.2) is 64.4 Å². The Bertz CT molecular complexity index is 1230. The van der Waals surface area contributed by atoms with Gasteiger partial charge in [0.25, 0.3) is 5.19 Å². The van der Waals surface area contributed by atoms with Crippen LogP contribution in [0.4, 0.5) is 0 Å². The van der Waals surface area contributed by atoms with Gasteiger partial charge in [0.1, 0.15) is 12.1 Å². The van der Waals surface area contributed by atoms with E-state index in [1.807, 2.05) is 11.4 Å². The maximum absolute atomic E-state index is 13.0. The molecule has 3 heterocycles. The van der Waals surface area contributed by atoms with E-state index in [2.05, 4.69) is 20.6 Å². The van der Waals surface area contributed by atoms with Crippen molar-refractivity contribution in [1.29, 1.82) is 0 Å². The average molecular weight is 554 g/mol. The topological polar surface area (TPSA) is 114 Å². The molecular weight excluding hydrogens is 526 g/mol. The van der Waals surface area contributed by atoms with Crippen LogP contribution in [0.2, 0.25) is 5.02 Å². The minimum Gasteiger partial charge on any atom is -0.467 e. The minimum absolute atomic E-state index is 0.0127. The SMILES string of the molecule is O=C(C=Cc1ccc(Cl)cc1)N[C@@H](Cc1ccccn1)C(=O)NCC(=O)N1CCC(Oc2nccs2)CC1. The molecule has 0 unspecified atom stereocenters. The molecule has 1 saturated heterocycles. The van der Waals surface area contributed by atoms with Crippen molar-refractivity contribution >= 4 is 46.7 Å². The number of pyridine rings is 1. The second kappa shape index (κ2) is 13.7. The quantitative estimate of drug-likeness (QED) is 0.373. The number of amides is 3. The van der Waals surface area contributed by atoms with Gasteiger partial charge in [-0.25, -0.2) is 4.98 Å². The lowest BCUT2D eigenvalue weighted by Crippen LogP contribution is -2.51. The standard InChI is InChI=1S/C27H28ClN5O4S/c28-20-7-4-19(5-8-20)6-9-24(34)32-23(17-21-3-1-2-12-29-21)26(36)31-18-25(35)33-14-10-22(11-15-33)37-27-30-13-16-38-27/h1-9,12-13,16,22-23H,10-11,14-15,17-18H2,(H,31,36)(H,32,34)/t23-/m0/s1. The Kier molecular flexibility index (Phi) is 9.83. The molecule has 11 heteroatoms. The lowest BCUT2D eigenvalue weighted by molar-refractivity contribution is -0.135. The molecule has 0 aliphatic carbocycles. The molecule has 0 spiro atoms. The first kappa shape index (κ1) is 27.3. The van der Waals surface area contributed by atoms with Crippen molar-refractivity contribution in [3.63, 3.8) is 0 Å². The molecule has 1 aromatic carbocycles. The summed E-state index contributed by atoms with van der Waals surface area (Å²) >= 11 is 7.34. The summed E-state index contributed by atoms with van der Waals surface area (Å²) in [6.45, 7) is 0.911. The van der Waals surface area contributed by atoms with Crippen molar-refractivity contribution in [2.75, 3.05) is 19.6 Å². The summed E-state index contributed by atoms with van der Waals surface area (Å²) in [6, 6.07) is 11.5. The lowest BCUT2D eigenvalue weighted by Gasteiger charge is -2.31. The Morgan fingerprint density at radius 3 is 2.58 bits per heavy atom. The van der Waals surface area contributed by atoms with E-state index in [1.54, 1.807) is 59.8 Å². The van der Waals surface area contributed by atoms with Crippen molar-refractivity contribution in [3.05, 3.63) is 82.6 Å². The molecule has 2 N–H and O–H groups in total. The van der Waals surface area contributed by atoms with Crippen LogP contribution < -0.4 is 15.4 Å². The van der Waals surface area contributed by atoms with E-state index in [1.165, 1.54) is 17.4 Å². The number of piperidine rings is 1. The van der Waals surface area contributed by atoms with Crippen LogP contribution in [0.25, 0.3) is 6.08 Å². The van der Waals surface area contributed by atoms with Crippen LogP contribution in [0.15, 0.2) is 66.3 Å². The Balaban J connectivity index is 1.29. The maximum Gasteiger partial charge on any atom is 0.273 e. The van der Waals surface area contributed by atoms with Gasteiger partial charge < -0.3 is 20.3 Å². The van der Waals surface area contributed by atoms with Crippen LogP contribution in [-0.2, 0) is 20.8 Å². The highest BCUT2D eigenvalue weighted by Crippen LogP contribution is 2.21. The van der Waals surface area contributed by atoms with Gasteiger partial charge in [-0.3, -0.25) is 19.4 Å². The van der Waals surface area contributed by atoms with E-state index in [-0.39, 0.29) is 25.0 Å². The highest BCUT2D eigenvalue weighted by molar-refractivity contribution is 7.11. The van der Waals surface area contributed by atoms with Crippen molar-refractivity contribution in [2.45, 2.75) is 31.4 Å². The van der Waals surface area contributed by atoms with Crippen molar-refractivity contribution < 1.29 is 19.1 Å². The fourth-order valence-electron chi connectivity index (χ4n) is 3.93. The maximum atomic E-state index is 13.0. The number of carbonyl (C=O) groups is 3. The van der Waals surface area contributed by atoms with Crippen LogP contribution in [0, 0.1) is 0 Å². The average Bonchev–Trinajstić information content (AvgIpc) is 3.45. The number of nitrogens with zero attached hydrogens (tertiary/aromatic N) is 3. The summed E-state index contributed by atoms with van der Waals surface area (Å²) in [5.41, 5.74) is 1.44. The molecule has 1 aliphatic rings. The van der Waals surface area contributed by atoms with E-state index in [0.717, 1.165) is 5.56 Å². The summed E-state index contributed by atoms with van der Waals surface area (Å²) in [4.78, 5) is 48.5. The van der Waals surface area contributed by atoms with E-state index in [9.17, 15) is 14.4 Å². The number of hydrogen-bond acceptors (Lipinski definition) is 7. The summed E-state index contributed by atoms with van der Waals surface area (Å²) in [6.07, 6.45) is 7.88. The fourth-order valence-corrected chi connectivity index (χ4v) is 4.61. The number of carbonyl (C=O) groups excluding carboxylic acids is 3. The van der Waals surface area contributed by atoms with Gasteiger partial charge in [0.2, 0.25) is 17.7 Å². The number of benzene rings is 1. The molecule has 4 rings (SSSR count). The van der Waals surface area contributed by atoms with E-state index >= 15 is 0 Å². The van der Waals surface area contributed by atoms with Gasteiger partial charge in [-0.05, 0) is 35.9 Å². The number of nitrogens with one attached hydrogen (secondary N) is 2. The lowest BCUT2D eigenvalue weighted by atomic mass is 10.1. The first-order valence-electron chi connectivity index (χ1n) is 12.2. The molecule has 1 atom stereocenters. The second-order valence-corrected chi connectivity index (χ2v) is 9.98. The predicted molar refractivity (Wildman–Crippen MR) is 146 cm³/mol. The van der Waals surface area contributed by atoms with Crippen molar-refractivity contribution in [2.24, 2.45) is 0 Å². The van der Waals surface area contributed by atoms with Crippen molar-refractivity contribution in [3.8, 4) is 5.19 Å². The molecular formula is C27H28ClN5O4S. The summed E-state index contributed by atoms with van der Waals surface area (Å²) in [5.74, 6) is -1.08. The highest BCUT2D eigenvalue weighted by atomic mass is 35.5. The number of rotatable bonds is 10. The number of ether oxygens (including phenoxy) is 1. The molecule has 3 amide bonds. The molecule has 2 aromatic heterocycles. The zero-order valence-corrected chi connectivity index (χ0v) is 22.2. The van der Waals surface area contributed by atoms with Gasteiger partial charge in [0.05, 0.1) is 6.54 Å². The van der Waals surface area contributed by atoms with Gasteiger partial charge in [-0.1, -0.05) is 41.1 Å². The minimum atomic E-state index is -0.905. The normalized spacial score (nSPS) is 14.7. The van der Waals surface area contributed by atoms with Crippen LogP contribution >= 0.6 is 22.9 Å². The Morgan fingerprint density at radius 2 is 1.89 bits per heavy atom. The molecule has 1 aliphatic heterocycles. The van der Waals surface area contributed by atoms with Crippen LogP contribution in [0.3, 0.4) is 0 Å². The summed E-state index contributed by atoms with van der Waals surface area (Å²) < 4.78 is 5.84. The van der Waals surface area contributed by atoms with Crippen molar-refractivity contribution in [1.82, 2.24) is 25.5 Å². The molecule has 0 bridgehead atoms. The van der Waals surface area contributed by atoms with E-state index in [4.69, 9.17) is 16.3 Å². The zero-order chi connectivity index (χ0) is 26.7. The van der Waals surface area contributed by atoms with Gasteiger partial charge in [-0.15, -0.1) is 0 Å². The molecule has 0 saturated carbocycles. The Morgan fingerprint density at radius 1 is 1.11 bits per heavy atom. The molecule has 38 heavy (non-hydrogen) atoms. The molecule has 1 fully saturated rings. The van der Waals surface area contributed by atoms with E-state index < -0.39 is 17.9 Å². The van der Waals surface area contributed by atoms with E-state index in [0.29, 0.717) is 41.8 Å². The zero-order valence-electron chi connectivity index (χ0n) is 20.6. The number of aromatic nitrogens is 2. The smallest absolute Gasteiger partial charge is 0.273 e. The highest BCUT2D eigenvalue weighted by Gasteiger charge is 2.26. The Labute approximate surface area is 229 Å². The number of halogens is 1. The first-order valence-corrected chi connectivity index (χ1v) is 13.5. The third-order valence-corrected chi connectivity index (χ3v) is 6.87. The summed E-state index contributed by atoms with van der Waals surface area (Å²) in [7, 11) is 0. The monoisotopic (exact) mass is 553 g/mol. The van der Waals surface area contributed by atoms with Crippen LogP contribution in [0.1, 0.15) is 24.1 Å². The molecule has 3 aromatic rings. The summed E-state index contributed by atoms with van der Waals surface area (Å²) in [5, 5.41) is 8.50. The fraction of sp³-hybridized carbons (Fsp3) is 0.296. The third kappa shape index (κ3) is 8.39. The van der Waals surface area contributed by atoms with Gasteiger partial charge >= 0.3 is 0 Å². The Hall–Kier alpha value is -3.76. The predicted octanol–water partition coefficient (Wildman–Crippen LogP) is 3.12. The molecule has 198 valence electrons. The van der Waals surface area contributed by atoms with Gasteiger partial charge in [-0.2, -0.15) is 0 Å². The van der Waals surface area contributed by atoms with Crippen LogP contribution in [0.5, 0.6) is 5.19 Å². The number of hydrogen-bond donors (Lipinski definition) is 2. The number of likely N-dealkylation sites (tertiary alicyclic amines) is 1.